The van der Waals surface area contributed by atoms with Crippen LogP contribution in [0.25, 0.3) is 11.3 Å². The number of halogens is 3. The van der Waals surface area contributed by atoms with Gasteiger partial charge in [0.15, 0.2) is 10.7 Å². The molecule has 1 N–H and O–H groups in total. The molecule has 9 nitrogen and oxygen atoms in total. The SMILES string of the molecule is COc1ncnc(OC)c1C(=O)Nc1nc2c(s1)C1(CN1CC(C)C)Oc1cc(C(F)(F)F)ccc1-2. The van der Waals surface area contributed by atoms with E-state index < -0.39 is 23.4 Å². The molecule has 0 bridgehead atoms. The lowest BCUT2D eigenvalue weighted by molar-refractivity contribution is -0.137. The van der Waals surface area contributed by atoms with Crippen LogP contribution >= 0.6 is 11.3 Å². The van der Waals surface area contributed by atoms with Gasteiger partial charge in [0.05, 0.1) is 36.9 Å². The van der Waals surface area contributed by atoms with Crippen LogP contribution in [0.5, 0.6) is 17.5 Å². The fourth-order valence-corrected chi connectivity index (χ4v) is 5.36. The lowest BCUT2D eigenvalue weighted by Gasteiger charge is -2.27. The van der Waals surface area contributed by atoms with Crippen molar-refractivity contribution in [3.63, 3.8) is 0 Å². The highest BCUT2D eigenvalue weighted by Crippen LogP contribution is 2.57. The Morgan fingerprint density at radius 1 is 1.25 bits per heavy atom. The van der Waals surface area contributed by atoms with Crippen molar-refractivity contribution >= 4 is 22.4 Å². The number of carbonyl (C=O) groups is 1. The molecule has 0 radical (unpaired) electrons. The molecular weight excluding hydrogens is 499 g/mol. The first-order valence-electron chi connectivity index (χ1n) is 11.0. The van der Waals surface area contributed by atoms with Gasteiger partial charge in [0.2, 0.25) is 17.5 Å². The molecule has 3 aromatic rings. The van der Waals surface area contributed by atoms with Gasteiger partial charge in [0.1, 0.15) is 12.1 Å². The first-order chi connectivity index (χ1) is 17.1. The molecule has 190 valence electrons. The van der Waals surface area contributed by atoms with Crippen LogP contribution in [0.4, 0.5) is 18.3 Å². The number of anilines is 1. The monoisotopic (exact) mass is 521 g/mol. The van der Waals surface area contributed by atoms with Gasteiger partial charge >= 0.3 is 6.18 Å². The Balaban J connectivity index is 1.55. The third-order valence-electron chi connectivity index (χ3n) is 5.83. The van der Waals surface area contributed by atoms with E-state index in [1.165, 1.54) is 38.0 Å². The molecule has 1 spiro atoms. The number of thiazole rings is 1. The normalized spacial score (nSPS) is 19.9. The van der Waals surface area contributed by atoms with Gasteiger partial charge < -0.3 is 14.2 Å². The minimum atomic E-state index is -4.51. The maximum absolute atomic E-state index is 13.4. The predicted octanol–water partition coefficient (Wildman–Crippen LogP) is 4.41. The number of nitrogens with zero attached hydrogens (tertiary/aromatic N) is 4. The number of hydrogen-bond acceptors (Lipinski definition) is 9. The molecular formula is C23H22F3N5O4S. The highest BCUT2D eigenvalue weighted by molar-refractivity contribution is 7.16. The van der Waals surface area contributed by atoms with E-state index in [9.17, 15) is 18.0 Å². The number of ether oxygens (including phenoxy) is 3. The maximum atomic E-state index is 13.4. The zero-order valence-corrected chi connectivity index (χ0v) is 20.6. The van der Waals surface area contributed by atoms with Gasteiger partial charge in [-0.2, -0.15) is 13.2 Å². The Labute approximate surface area is 208 Å². The molecule has 2 aliphatic rings. The zero-order valence-electron chi connectivity index (χ0n) is 19.8. The number of hydrogen-bond donors (Lipinski definition) is 1. The van der Waals surface area contributed by atoms with E-state index in [2.05, 4.69) is 20.3 Å². The van der Waals surface area contributed by atoms with Crippen LogP contribution in [0.1, 0.15) is 34.6 Å². The van der Waals surface area contributed by atoms with Crippen molar-refractivity contribution in [2.45, 2.75) is 25.7 Å². The summed E-state index contributed by atoms with van der Waals surface area (Å²) in [6.45, 7) is 5.28. The summed E-state index contributed by atoms with van der Waals surface area (Å²) >= 11 is 1.20. The minimum absolute atomic E-state index is 0.00953. The number of amides is 1. The van der Waals surface area contributed by atoms with Crippen LogP contribution in [0.3, 0.4) is 0 Å². The smallest absolute Gasteiger partial charge is 0.416 e. The van der Waals surface area contributed by atoms with E-state index >= 15 is 0 Å². The lowest BCUT2D eigenvalue weighted by atomic mass is 10.0. The minimum Gasteiger partial charge on any atom is -0.480 e. The predicted molar refractivity (Wildman–Crippen MR) is 124 cm³/mol. The van der Waals surface area contributed by atoms with Gasteiger partial charge in [-0.1, -0.05) is 25.2 Å². The summed E-state index contributed by atoms with van der Waals surface area (Å²) in [5.74, 6) is -0.143. The summed E-state index contributed by atoms with van der Waals surface area (Å²) in [4.78, 5) is 28.4. The number of benzene rings is 1. The van der Waals surface area contributed by atoms with Crippen molar-refractivity contribution < 1.29 is 32.2 Å². The quantitative estimate of drug-likeness (QED) is 0.477. The van der Waals surface area contributed by atoms with Gasteiger partial charge in [-0.25, -0.2) is 15.0 Å². The fraction of sp³-hybridized carbons (Fsp3) is 0.391. The Hall–Kier alpha value is -3.45. The number of carbonyl (C=O) groups excluding carboxylic acids is 1. The standard InChI is InChI=1S/C23H22F3N5O4S/c1-11(2)8-31-9-22(31)17-16(13-6-5-12(23(24,25)26)7-14(13)35-22)29-21(36-17)30-18(32)15-19(33-3)27-10-28-20(15)34-4/h5-7,10-11H,8-9H2,1-4H3,(H,29,30,32). The number of methoxy groups -OCH3 is 2. The fourth-order valence-electron chi connectivity index (χ4n) is 4.23. The van der Waals surface area contributed by atoms with E-state index in [4.69, 9.17) is 14.2 Å². The maximum Gasteiger partial charge on any atom is 0.416 e. The molecule has 2 aromatic heterocycles. The molecule has 2 aliphatic heterocycles. The van der Waals surface area contributed by atoms with Crippen molar-refractivity contribution in [2.75, 3.05) is 32.6 Å². The van der Waals surface area contributed by atoms with Crippen molar-refractivity contribution in [3.8, 4) is 28.8 Å². The third kappa shape index (κ3) is 4.01. The van der Waals surface area contributed by atoms with Crippen LogP contribution in [-0.2, 0) is 11.9 Å². The largest absolute Gasteiger partial charge is 0.480 e. The van der Waals surface area contributed by atoms with E-state index in [0.717, 1.165) is 12.1 Å². The number of fused-ring (bicyclic) bond motifs is 4. The summed E-state index contributed by atoms with van der Waals surface area (Å²) in [5, 5.41) is 2.97. The van der Waals surface area contributed by atoms with Gasteiger partial charge in [-0.15, -0.1) is 0 Å². The summed E-state index contributed by atoms with van der Waals surface area (Å²) < 4.78 is 56.7. The topological polar surface area (TPSA) is 98.5 Å². The highest BCUT2D eigenvalue weighted by atomic mass is 32.1. The molecule has 1 aromatic carbocycles. The van der Waals surface area contributed by atoms with Gasteiger partial charge in [0.25, 0.3) is 5.91 Å². The summed E-state index contributed by atoms with van der Waals surface area (Å²) in [7, 11) is 2.73. The average molecular weight is 522 g/mol. The summed E-state index contributed by atoms with van der Waals surface area (Å²) in [6, 6.07) is 3.35. The van der Waals surface area contributed by atoms with E-state index in [-0.39, 0.29) is 28.2 Å². The lowest BCUT2D eigenvalue weighted by Crippen LogP contribution is -2.28. The second-order valence-electron chi connectivity index (χ2n) is 8.79. The van der Waals surface area contributed by atoms with E-state index in [0.29, 0.717) is 35.1 Å². The van der Waals surface area contributed by atoms with Crippen molar-refractivity contribution in [3.05, 3.63) is 40.5 Å². The molecule has 1 saturated heterocycles. The Morgan fingerprint density at radius 2 is 1.94 bits per heavy atom. The molecule has 0 saturated carbocycles. The van der Waals surface area contributed by atoms with Gasteiger partial charge in [-0.3, -0.25) is 15.0 Å². The molecule has 5 rings (SSSR count). The number of aromatic nitrogens is 3. The van der Waals surface area contributed by atoms with E-state index in [1.807, 2.05) is 18.7 Å². The van der Waals surface area contributed by atoms with Crippen molar-refractivity contribution in [1.29, 1.82) is 0 Å². The van der Waals surface area contributed by atoms with Crippen LogP contribution in [-0.4, -0.2) is 53.1 Å². The van der Waals surface area contributed by atoms with Gasteiger partial charge in [0, 0.05) is 12.1 Å². The second kappa shape index (κ2) is 8.59. The molecule has 4 heterocycles. The molecule has 13 heteroatoms. The molecule has 2 atom stereocenters. The Morgan fingerprint density at radius 3 is 2.56 bits per heavy atom. The highest BCUT2D eigenvalue weighted by Gasteiger charge is 2.61. The summed E-state index contributed by atoms with van der Waals surface area (Å²) in [5.41, 5.74) is -0.842. The van der Waals surface area contributed by atoms with Crippen molar-refractivity contribution in [2.24, 2.45) is 5.92 Å². The molecule has 1 fully saturated rings. The Bertz CT molecular complexity index is 1320. The Kier molecular flexibility index (Phi) is 5.79. The van der Waals surface area contributed by atoms with Crippen LogP contribution in [0.2, 0.25) is 0 Å². The first-order valence-corrected chi connectivity index (χ1v) is 11.8. The molecule has 2 unspecified atom stereocenters. The molecule has 36 heavy (non-hydrogen) atoms. The number of nitrogens with one attached hydrogen (secondary N) is 1. The van der Waals surface area contributed by atoms with Crippen LogP contribution in [0, 0.1) is 5.92 Å². The first kappa shape index (κ1) is 24.3. The van der Waals surface area contributed by atoms with Crippen LogP contribution < -0.4 is 19.5 Å². The molecule has 0 aliphatic carbocycles. The van der Waals surface area contributed by atoms with E-state index in [1.54, 1.807) is 0 Å². The van der Waals surface area contributed by atoms with Crippen molar-refractivity contribution in [1.82, 2.24) is 19.9 Å². The zero-order chi connectivity index (χ0) is 25.8. The number of alkyl halides is 3. The van der Waals surface area contributed by atoms with Gasteiger partial charge in [-0.05, 0) is 24.1 Å². The third-order valence-corrected chi connectivity index (χ3v) is 6.94. The number of rotatable bonds is 6. The average Bonchev–Trinajstić information content (AvgIpc) is 3.29. The summed E-state index contributed by atoms with van der Waals surface area (Å²) in [6.07, 6.45) is -3.30. The second-order valence-corrected chi connectivity index (χ2v) is 9.79. The molecule has 1 amide bonds. The van der Waals surface area contributed by atoms with Crippen LogP contribution in [0.15, 0.2) is 24.5 Å².